The standard InChI is InChI=1S/C26H30N4O4S/c1-4-30(5-2)25(31)21-13-17-24(18-14-21)35(33,34)29-19(3)20-11-15-23(16-12-20)28-26(32)27-22-9-7-6-8-10-22/h6-19,29H,4-5H2,1-3H3,(H2,27,28,32). The molecule has 1 unspecified atom stereocenters. The van der Waals surface area contributed by atoms with Crippen molar-refractivity contribution in [2.24, 2.45) is 0 Å². The summed E-state index contributed by atoms with van der Waals surface area (Å²) in [7, 11) is -3.80. The zero-order valence-corrected chi connectivity index (χ0v) is 20.8. The number of carbonyl (C=O) groups is 2. The van der Waals surface area contributed by atoms with Crippen LogP contribution in [0.25, 0.3) is 0 Å². The summed E-state index contributed by atoms with van der Waals surface area (Å²) in [5, 5.41) is 5.48. The molecular weight excluding hydrogens is 464 g/mol. The van der Waals surface area contributed by atoms with E-state index >= 15 is 0 Å². The van der Waals surface area contributed by atoms with Gasteiger partial charge in [-0.2, -0.15) is 0 Å². The molecule has 3 rings (SSSR count). The van der Waals surface area contributed by atoms with Gasteiger partial charge in [-0.3, -0.25) is 4.79 Å². The van der Waals surface area contributed by atoms with Crippen LogP contribution in [0.15, 0.2) is 83.8 Å². The second-order valence-electron chi connectivity index (χ2n) is 7.91. The Hall–Kier alpha value is -3.69. The number of hydrogen-bond acceptors (Lipinski definition) is 4. The van der Waals surface area contributed by atoms with Gasteiger partial charge < -0.3 is 15.5 Å². The summed E-state index contributed by atoms with van der Waals surface area (Å²) in [6.07, 6.45) is 0. The number of rotatable bonds is 9. The van der Waals surface area contributed by atoms with E-state index in [4.69, 9.17) is 0 Å². The Kier molecular flexibility index (Phi) is 8.62. The van der Waals surface area contributed by atoms with Gasteiger partial charge in [0.05, 0.1) is 4.90 Å². The highest BCUT2D eigenvalue weighted by Crippen LogP contribution is 2.20. The molecule has 0 aromatic heterocycles. The number of urea groups is 1. The molecule has 0 radical (unpaired) electrons. The Bertz CT molecular complexity index is 1240. The van der Waals surface area contributed by atoms with Crippen LogP contribution < -0.4 is 15.4 Å². The van der Waals surface area contributed by atoms with E-state index < -0.39 is 16.1 Å². The maximum atomic E-state index is 12.9. The Morgan fingerprint density at radius 3 is 1.89 bits per heavy atom. The molecule has 8 nitrogen and oxygen atoms in total. The molecule has 0 fully saturated rings. The average molecular weight is 495 g/mol. The van der Waals surface area contributed by atoms with Crippen LogP contribution in [0.5, 0.6) is 0 Å². The first-order valence-corrected chi connectivity index (χ1v) is 12.9. The lowest BCUT2D eigenvalue weighted by Crippen LogP contribution is -2.30. The van der Waals surface area contributed by atoms with Crippen LogP contribution in [0.3, 0.4) is 0 Å². The lowest BCUT2D eigenvalue weighted by molar-refractivity contribution is 0.0773. The summed E-state index contributed by atoms with van der Waals surface area (Å²) in [6, 6.07) is 21.0. The largest absolute Gasteiger partial charge is 0.339 e. The third-order valence-electron chi connectivity index (χ3n) is 5.49. The van der Waals surface area contributed by atoms with Gasteiger partial charge in [-0.05, 0) is 74.9 Å². The van der Waals surface area contributed by atoms with Crippen LogP contribution in [-0.4, -0.2) is 38.3 Å². The highest BCUT2D eigenvalue weighted by atomic mass is 32.2. The Morgan fingerprint density at radius 1 is 0.800 bits per heavy atom. The van der Waals surface area contributed by atoms with Crippen molar-refractivity contribution >= 4 is 33.3 Å². The van der Waals surface area contributed by atoms with Gasteiger partial charge in [0.25, 0.3) is 5.91 Å². The van der Waals surface area contributed by atoms with Gasteiger partial charge >= 0.3 is 6.03 Å². The number of benzene rings is 3. The van der Waals surface area contributed by atoms with Crippen molar-refractivity contribution in [3.8, 4) is 0 Å². The van der Waals surface area contributed by atoms with Gasteiger partial charge in [-0.25, -0.2) is 17.9 Å². The van der Waals surface area contributed by atoms with Crippen LogP contribution in [0.2, 0.25) is 0 Å². The summed E-state index contributed by atoms with van der Waals surface area (Å²) in [5.74, 6) is -0.133. The number of carbonyl (C=O) groups excluding carboxylic acids is 2. The molecule has 9 heteroatoms. The van der Waals surface area contributed by atoms with Gasteiger partial charge in [-0.1, -0.05) is 30.3 Å². The maximum Gasteiger partial charge on any atom is 0.323 e. The lowest BCUT2D eigenvalue weighted by Gasteiger charge is -2.19. The van der Waals surface area contributed by atoms with E-state index in [2.05, 4.69) is 15.4 Å². The number of nitrogens with one attached hydrogen (secondary N) is 3. The molecule has 3 amide bonds. The van der Waals surface area contributed by atoms with Gasteiger partial charge in [0.15, 0.2) is 0 Å². The minimum absolute atomic E-state index is 0.0799. The van der Waals surface area contributed by atoms with Crippen molar-refractivity contribution in [1.29, 1.82) is 0 Å². The lowest BCUT2D eigenvalue weighted by atomic mass is 10.1. The number of anilines is 2. The first-order chi connectivity index (χ1) is 16.7. The number of hydrogen-bond donors (Lipinski definition) is 3. The van der Waals surface area contributed by atoms with Gasteiger partial charge in [0, 0.05) is 36.1 Å². The highest BCUT2D eigenvalue weighted by Gasteiger charge is 2.20. The molecule has 0 aliphatic heterocycles. The molecule has 0 spiro atoms. The van der Waals surface area contributed by atoms with E-state index in [0.717, 1.165) is 5.56 Å². The summed E-state index contributed by atoms with van der Waals surface area (Å²) < 4.78 is 28.4. The molecule has 0 bridgehead atoms. The zero-order chi connectivity index (χ0) is 25.4. The molecule has 3 aromatic carbocycles. The summed E-state index contributed by atoms with van der Waals surface area (Å²) >= 11 is 0. The Labute approximate surface area is 206 Å². The molecular formula is C26H30N4O4S. The molecule has 0 aliphatic rings. The van der Waals surface area contributed by atoms with Crippen LogP contribution in [0.4, 0.5) is 16.2 Å². The summed E-state index contributed by atoms with van der Waals surface area (Å²) in [6.45, 7) is 6.70. The Balaban J connectivity index is 1.61. The molecule has 0 saturated heterocycles. The van der Waals surface area contributed by atoms with Crippen molar-refractivity contribution in [3.63, 3.8) is 0 Å². The SMILES string of the molecule is CCN(CC)C(=O)c1ccc(S(=O)(=O)NC(C)c2ccc(NC(=O)Nc3ccccc3)cc2)cc1. The first-order valence-electron chi connectivity index (χ1n) is 11.4. The number of para-hydroxylation sites is 1. The van der Waals surface area contributed by atoms with E-state index in [1.54, 1.807) is 48.2 Å². The fourth-order valence-corrected chi connectivity index (χ4v) is 4.74. The van der Waals surface area contributed by atoms with Gasteiger partial charge in [-0.15, -0.1) is 0 Å². The third-order valence-corrected chi connectivity index (χ3v) is 7.05. The molecule has 1 atom stereocenters. The minimum atomic E-state index is -3.80. The van der Waals surface area contributed by atoms with Crippen molar-refractivity contribution in [3.05, 3.63) is 90.0 Å². The quantitative estimate of drug-likeness (QED) is 0.395. The number of amides is 3. The van der Waals surface area contributed by atoms with E-state index in [1.165, 1.54) is 24.3 Å². The monoisotopic (exact) mass is 494 g/mol. The smallest absolute Gasteiger partial charge is 0.323 e. The molecule has 0 aliphatic carbocycles. The topological polar surface area (TPSA) is 108 Å². The van der Waals surface area contributed by atoms with Crippen LogP contribution in [0.1, 0.15) is 42.7 Å². The van der Waals surface area contributed by atoms with Gasteiger partial charge in [0.2, 0.25) is 10.0 Å². The summed E-state index contributed by atoms with van der Waals surface area (Å²) in [5.41, 5.74) is 2.43. The third kappa shape index (κ3) is 6.91. The highest BCUT2D eigenvalue weighted by molar-refractivity contribution is 7.89. The molecule has 3 aromatic rings. The predicted octanol–water partition coefficient (Wildman–Crippen LogP) is 4.85. The Morgan fingerprint density at radius 2 is 1.34 bits per heavy atom. The van der Waals surface area contributed by atoms with Crippen molar-refractivity contribution in [1.82, 2.24) is 9.62 Å². The molecule has 3 N–H and O–H groups in total. The number of nitrogens with zero attached hydrogens (tertiary/aromatic N) is 1. The first kappa shape index (κ1) is 25.9. The normalized spacial score (nSPS) is 12.0. The minimum Gasteiger partial charge on any atom is -0.339 e. The summed E-state index contributed by atoms with van der Waals surface area (Å²) in [4.78, 5) is 26.3. The predicted molar refractivity (Wildman–Crippen MR) is 138 cm³/mol. The van der Waals surface area contributed by atoms with Crippen molar-refractivity contribution in [2.75, 3.05) is 23.7 Å². The fourth-order valence-electron chi connectivity index (χ4n) is 3.51. The second-order valence-corrected chi connectivity index (χ2v) is 9.63. The van der Waals surface area contributed by atoms with Crippen LogP contribution >= 0.6 is 0 Å². The molecule has 184 valence electrons. The van der Waals surface area contributed by atoms with Crippen LogP contribution in [-0.2, 0) is 10.0 Å². The molecule has 0 heterocycles. The molecule has 35 heavy (non-hydrogen) atoms. The van der Waals surface area contributed by atoms with Crippen molar-refractivity contribution in [2.45, 2.75) is 31.7 Å². The zero-order valence-electron chi connectivity index (χ0n) is 20.0. The van der Waals surface area contributed by atoms with E-state index in [0.29, 0.717) is 30.0 Å². The van der Waals surface area contributed by atoms with Crippen molar-refractivity contribution < 1.29 is 18.0 Å². The molecule has 0 saturated carbocycles. The number of sulfonamides is 1. The van der Waals surface area contributed by atoms with E-state index in [-0.39, 0.29) is 16.8 Å². The fraction of sp³-hybridized carbons (Fsp3) is 0.231. The van der Waals surface area contributed by atoms with E-state index in [9.17, 15) is 18.0 Å². The van der Waals surface area contributed by atoms with E-state index in [1.807, 2.05) is 32.0 Å². The van der Waals surface area contributed by atoms with Gasteiger partial charge in [0.1, 0.15) is 0 Å². The average Bonchev–Trinajstić information content (AvgIpc) is 2.85. The van der Waals surface area contributed by atoms with Crippen LogP contribution in [0, 0.1) is 0 Å². The second kappa shape index (κ2) is 11.6. The maximum absolute atomic E-state index is 12.9.